The molecule has 5 heteroatoms. The van der Waals surface area contributed by atoms with Crippen LogP contribution in [0.2, 0.25) is 0 Å². The van der Waals surface area contributed by atoms with E-state index in [-0.39, 0.29) is 31.1 Å². The fraction of sp³-hybridized carbons (Fsp3) is 0.800. The topological polar surface area (TPSA) is 56.1 Å². The van der Waals surface area contributed by atoms with Gasteiger partial charge in [0, 0.05) is 12.0 Å². The van der Waals surface area contributed by atoms with Crippen LogP contribution in [0.15, 0.2) is 0 Å². The van der Waals surface area contributed by atoms with Crippen LogP contribution in [0.5, 0.6) is 0 Å². The van der Waals surface area contributed by atoms with Crippen LogP contribution < -0.4 is 5.32 Å². The molecule has 1 aliphatic carbocycles. The fourth-order valence-electron chi connectivity index (χ4n) is 2.09. The highest BCUT2D eigenvalue weighted by molar-refractivity contribution is 5.75. The Morgan fingerprint density at radius 2 is 2.20 bits per heavy atom. The maximum Gasteiger partial charge on any atom is 0.317 e. The van der Waals surface area contributed by atoms with E-state index in [4.69, 9.17) is 5.26 Å². The molecule has 1 heterocycles. The zero-order valence-electron chi connectivity index (χ0n) is 8.45. The van der Waals surface area contributed by atoms with Gasteiger partial charge >= 0.3 is 6.03 Å². The number of carbonyl (C=O) groups is 1. The third kappa shape index (κ3) is 2.20. The van der Waals surface area contributed by atoms with E-state index in [2.05, 4.69) is 11.4 Å². The molecule has 0 spiro atoms. The zero-order valence-corrected chi connectivity index (χ0v) is 8.45. The summed E-state index contributed by atoms with van der Waals surface area (Å²) in [6.07, 6.45) is 1.59. The number of nitrogens with zero attached hydrogens (tertiary/aromatic N) is 2. The van der Waals surface area contributed by atoms with Crippen LogP contribution in [-0.4, -0.2) is 36.2 Å². The summed E-state index contributed by atoms with van der Waals surface area (Å²) < 4.78 is 12.5. The lowest BCUT2D eigenvalue weighted by molar-refractivity contribution is 0.0882. The minimum Gasteiger partial charge on any atom is -0.335 e. The van der Waals surface area contributed by atoms with Gasteiger partial charge in [0.2, 0.25) is 0 Å². The summed E-state index contributed by atoms with van der Waals surface area (Å²) in [5, 5.41) is 11.5. The Morgan fingerprint density at radius 3 is 2.73 bits per heavy atom. The molecule has 2 amide bonds. The van der Waals surface area contributed by atoms with Gasteiger partial charge in [0.25, 0.3) is 0 Å². The molecule has 0 unspecified atom stereocenters. The first-order valence-electron chi connectivity index (χ1n) is 5.28. The number of carbonyl (C=O) groups excluding carboxylic acids is 1. The van der Waals surface area contributed by atoms with Gasteiger partial charge in [-0.05, 0) is 19.3 Å². The van der Waals surface area contributed by atoms with E-state index in [1.54, 1.807) is 0 Å². The monoisotopic (exact) mass is 211 g/mol. The summed E-state index contributed by atoms with van der Waals surface area (Å²) in [5.41, 5.74) is 0. The molecule has 2 fully saturated rings. The second-order valence-electron chi connectivity index (χ2n) is 4.29. The van der Waals surface area contributed by atoms with Crippen molar-refractivity contribution in [2.24, 2.45) is 5.92 Å². The van der Waals surface area contributed by atoms with E-state index < -0.39 is 6.17 Å². The largest absolute Gasteiger partial charge is 0.335 e. The SMILES string of the molecule is N#C[C@@H]1CC[C@H](NC(=O)N2CC(F)C2)C1. The highest BCUT2D eigenvalue weighted by Gasteiger charge is 2.33. The molecule has 1 saturated carbocycles. The number of hydrogen-bond donors (Lipinski definition) is 1. The quantitative estimate of drug-likeness (QED) is 0.704. The molecule has 2 aliphatic rings. The Balaban J connectivity index is 1.74. The van der Waals surface area contributed by atoms with Crippen molar-refractivity contribution < 1.29 is 9.18 Å². The van der Waals surface area contributed by atoms with Gasteiger partial charge in [0.05, 0.1) is 19.2 Å². The van der Waals surface area contributed by atoms with E-state index >= 15 is 0 Å². The predicted molar refractivity (Wildman–Crippen MR) is 51.7 cm³/mol. The summed E-state index contributed by atoms with van der Waals surface area (Å²) in [6.45, 7) is 0.417. The molecule has 4 nitrogen and oxygen atoms in total. The van der Waals surface area contributed by atoms with Crippen molar-refractivity contribution >= 4 is 6.03 Å². The lowest BCUT2D eigenvalue weighted by Crippen LogP contribution is -2.56. The molecule has 2 rings (SSSR count). The number of alkyl halides is 1. The Morgan fingerprint density at radius 1 is 1.47 bits per heavy atom. The number of likely N-dealkylation sites (tertiary alicyclic amines) is 1. The van der Waals surface area contributed by atoms with Crippen molar-refractivity contribution in [3.8, 4) is 6.07 Å². The molecular weight excluding hydrogens is 197 g/mol. The summed E-state index contributed by atoms with van der Waals surface area (Å²) >= 11 is 0. The van der Waals surface area contributed by atoms with E-state index in [1.807, 2.05) is 0 Å². The second-order valence-corrected chi connectivity index (χ2v) is 4.29. The third-order valence-corrected chi connectivity index (χ3v) is 3.07. The van der Waals surface area contributed by atoms with Crippen LogP contribution in [0.25, 0.3) is 0 Å². The number of halogens is 1. The van der Waals surface area contributed by atoms with Crippen molar-refractivity contribution in [3.05, 3.63) is 0 Å². The number of rotatable bonds is 1. The van der Waals surface area contributed by atoms with Crippen molar-refractivity contribution in [1.82, 2.24) is 10.2 Å². The first-order valence-corrected chi connectivity index (χ1v) is 5.28. The highest BCUT2D eigenvalue weighted by Crippen LogP contribution is 2.25. The molecular formula is C10H14FN3O. The van der Waals surface area contributed by atoms with E-state index in [0.717, 1.165) is 19.3 Å². The Labute approximate surface area is 88.0 Å². The maximum atomic E-state index is 12.5. The van der Waals surface area contributed by atoms with Gasteiger partial charge < -0.3 is 10.2 Å². The average Bonchev–Trinajstić information content (AvgIpc) is 2.60. The summed E-state index contributed by atoms with van der Waals surface area (Å²) in [4.78, 5) is 12.9. The molecule has 0 bridgehead atoms. The molecule has 1 N–H and O–H groups in total. The van der Waals surface area contributed by atoms with Crippen molar-refractivity contribution in [3.63, 3.8) is 0 Å². The van der Waals surface area contributed by atoms with E-state index in [1.165, 1.54) is 4.90 Å². The van der Waals surface area contributed by atoms with Crippen LogP contribution in [0, 0.1) is 17.2 Å². The lowest BCUT2D eigenvalue weighted by Gasteiger charge is -2.35. The first kappa shape index (κ1) is 10.2. The second kappa shape index (κ2) is 4.05. The predicted octanol–water partition coefficient (Wildman–Crippen LogP) is 1.04. The van der Waals surface area contributed by atoms with Crippen molar-refractivity contribution in [1.29, 1.82) is 5.26 Å². The van der Waals surface area contributed by atoms with Crippen LogP contribution >= 0.6 is 0 Å². The molecule has 0 aromatic carbocycles. The Kier molecular flexibility index (Phi) is 2.76. The standard InChI is InChI=1S/C10H14FN3O/c11-8-5-14(6-8)10(15)13-9-2-1-7(3-9)4-12/h7-9H,1-3,5-6H2,(H,13,15)/t7-,9+/m1/s1. The number of nitriles is 1. The minimum atomic E-state index is -0.855. The van der Waals surface area contributed by atoms with Crippen LogP contribution in [0.4, 0.5) is 9.18 Å². The van der Waals surface area contributed by atoms with Gasteiger partial charge in [-0.25, -0.2) is 9.18 Å². The van der Waals surface area contributed by atoms with Gasteiger partial charge in [-0.3, -0.25) is 0 Å². The highest BCUT2D eigenvalue weighted by atomic mass is 19.1. The third-order valence-electron chi connectivity index (χ3n) is 3.07. The molecule has 0 radical (unpaired) electrons. The first-order chi connectivity index (χ1) is 7.19. The summed E-state index contributed by atoms with van der Waals surface area (Å²) in [5.74, 6) is 0.0700. The lowest BCUT2D eigenvalue weighted by atomic mass is 10.1. The van der Waals surface area contributed by atoms with Crippen LogP contribution in [0.3, 0.4) is 0 Å². The zero-order chi connectivity index (χ0) is 10.8. The van der Waals surface area contributed by atoms with Gasteiger partial charge in [0.1, 0.15) is 6.17 Å². The Bertz CT molecular complexity index is 296. The molecule has 2 atom stereocenters. The fourth-order valence-corrected chi connectivity index (χ4v) is 2.09. The van der Waals surface area contributed by atoms with Crippen LogP contribution in [-0.2, 0) is 0 Å². The molecule has 15 heavy (non-hydrogen) atoms. The Hall–Kier alpha value is -1.31. The number of hydrogen-bond acceptors (Lipinski definition) is 2. The van der Waals surface area contributed by atoms with Gasteiger partial charge in [0.15, 0.2) is 0 Å². The van der Waals surface area contributed by atoms with Gasteiger partial charge in [-0.2, -0.15) is 5.26 Å². The van der Waals surface area contributed by atoms with Gasteiger partial charge in [-0.1, -0.05) is 0 Å². The normalized spacial score (nSPS) is 30.8. The molecule has 82 valence electrons. The maximum absolute atomic E-state index is 12.5. The molecule has 1 saturated heterocycles. The summed E-state index contributed by atoms with van der Waals surface area (Å²) in [7, 11) is 0. The van der Waals surface area contributed by atoms with Crippen molar-refractivity contribution in [2.45, 2.75) is 31.5 Å². The van der Waals surface area contributed by atoms with Gasteiger partial charge in [-0.15, -0.1) is 0 Å². The van der Waals surface area contributed by atoms with Crippen molar-refractivity contribution in [2.75, 3.05) is 13.1 Å². The molecule has 0 aromatic rings. The number of amides is 2. The minimum absolute atomic E-state index is 0.0700. The van der Waals surface area contributed by atoms with Crippen LogP contribution in [0.1, 0.15) is 19.3 Å². The number of urea groups is 1. The van der Waals surface area contributed by atoms with E-state index in [9.17, 15) is 9.18 Å². The summed E-state index contributed by atoms with van der Waals surface area (Å²) in [6, 6.07) is 2.12. The molecule has 0 aromatic heterocycles. The number of nitrogens with one attached hydrogen (secondary N) is 1. The molecule has 1 aliphatic heterocycles. The van der Waals surface area contributed by atoms with E-state index in [0.29, 0.717) is 0 Å². The smallest absolute Gasteiger partial charge is 0.317 e. The average molecular weight is 211 g/mol.